The molecule has 0 aromatic carbocycles. The molecule has 0 aromatic heterocycles. The molecule has 0 amide bonds. The quantitative estimate of drug-likeness (QED) is 0.846. The van der Waals surface area contributed by atoms with Gasteiger partial charge in [-0.15, -0.1) is 0 Å². The molecule has 1 rings (SSSR count). The van der Waals surface area contributed by atoms with Crippen molar-refractivity contribution in [3.05, 3.63) is 0 Å². The van der Waals surface area contributed by atoms with Crippen molar-refractivity contribution in [3.63, 3.8) is 0 Å². The first-order chi connectivity index (χ1) is 9.39. The first-order valence-electron chi connectivity index (χ1n) is 8.11. The maximum Gasteiger partial charge on any atom is 0.156 e. The molecule has 5 heteroatoms. The van der Waals surface area contributed by atoms with Gasteiger partial charge < -0.3 is 5.32 Å². The summed E-state index contributed by atoms with van der Waals surface area (Å²) >= 11 is 0. The highest BCUT2D eigenvalue weighted by Gasteiger charge is 2.42. The number of piperazine rings is 1. The summed E-state index contributed by atoms with van der Waals surface area (Å²) in [7, 11) is -3.06. The minimum atomic E-state index is -3.06. The lowest BCUT2D eigenvalue weighted by Crippen LogP contribution is -2.68. The predicted octanol–water partition coefficient (Wildman–Crippen LogP) is 2.44. The first-order valence-corrected chi connectivity index (χ1v) is 9.77. The fourth-order valence-electron chi connectivity index (χ4n) is 3.02. The molecule has 0 bridgehead atoms. The Labute approximate surface area is 131 Å². The van der Waals surface area contributed by atoms with Crippen LogP contribution in [0.1, 0.15) is 61.3 Å². The van der Waals surface area contributed by atoms with E-state index in [-0.39, 0.29) is 16.8 Å². The van der Waals surface area contributed by atoms with E-state index < -0.39 is 14.6 Å². The highest BCUT2D eigenvalue weighted by atomic mass is 32.2. The van der Waals surface area contributed by atoms with E-state index in [0.29, 0.717) is 6.54 Å². The molecule has 4 nitrogen and oxygen atoms in total. The molecular weight excluding hydrogens is 284 g/mol. The topological polar surface area (TPSA) is 49.4 Å². The van der Waals surface area contributed by atoms with Crippen molar-refractivity contribution in [2.45, 2.75) is 77.1 Å². The number of nitrogens with one attached hydrogen (secondary N) is 1. The summed E-state index contributed by atoms with van der Waals surface area (Å²) < 4.78 is 24.1. The molecule has 1 aliphatic rings. The lowest BCUT2D eigenvalue weighted by molar-refractivity contribution is 0.0139. The molecule has 21 heavy (non-hydrogen) atoms. The van der Waals surface area contributed by atoms with E-state index in [1.807, 2.05) is 0 Å². The van der Waals surface area contributed by atoms with Crippen molar-refractivity contribution in [2.24, 2.45) is 0 Å². The summed E-state index contributed by atoms with van der Waals surface area (Å²) in [6.07, 6.45) is 2.09. The van der Waals surface area contributed by atoms with Gasteiger partial charge in [0.1, 0.15) is 0 Å². The average Bonchev–Trinajstić information content (AvgIpc) is 2.35. The van der Waals surface area contributed by atoms with Crippen molar-refractivity contribution >= 4 is 9.84 Å². The molecule has 1 heterocycles. The number of nitrogens with zero attached hydrogens (tertiary/aromatic N) is 1. The van der Waals surface area contributed by atoms with Crippen LogP contribution in [0.2, 0.25) is 0 Å². The highest BCUT2D eigenvalue weighted by Crippen LogP contribution is 2.30. The third-order valence-electron chi connectivity index (χ3n) is 5.03. The fourth-order valence-corrected chi connectivity index (χ4v) is 4.09. The molecule has 1 saturated heterocycles. The summed E-state index contributed by atoms with van der Waals surface area (Å²) in [5, 5.41) is 3.62. The summed E-state index contributed by atoms with van der Waals surface area (Å²) in [6.45, 7) is 16.6. The smallest absolute Gasteiger partial charge is 0.156 e. The Morgan fingerprint density at radius 2 is 1.67 bits per heavy atom. The summed E-state index contributed by atoms with van der Waals surface area (Å²) in [6, 6.07) is 0. The lowest BCUT2D eigenvalue weighted by Gasteiger charge is -2.52. The summed E-state index contributed by atoms with van der Waals surface area (Å²) in [4.78, 5) is 2.41. The van der Waals surface area contributed by atoms with Crippen LogP contribution in [0.5, 0.6) is 0 Å². The van der Waals surface area contributed by atoms with Crippen LogP contribution in [-0.2, 0) is 9.84 Å². The minimum absolute atomic E-state index is 0.0410. The van der Waals surface area contributed by atoms with Crippen LogP contribution in [0.25, 0.3) is 0 Å². The molecule has 1 N–H and O–H groups in total. The molecule has 1 aliphatic heterocycles. The largest absolute Gasteiger partial charge is 0.309 e. The first kappa shape index (κ1) is 18.9. The SMILES string of the molecule is CCC1(CC)CNC(C)(C)CN1CCS(=O)(=O)C(C)(C)C. The van der Waals surface area contributed by atoms with Crippen LogP contribution in [0, 0.1) is 0 Å². The van der Waals surface area contributed by atoms with Gasteiger partial charge in [0.2, 0.25) is 0 Å². The van der Waals surface area contributed by atoms with E-state index >= 15 is 0 Å². The number of rotatable bonds is 5. The van der Waals surface area contributed by atoms with Crippen LogP contribution < -0.4 is 5.32 Å². The third-order valence-corrected chi connectivity index (χ3v) is 7.62. The fraction of sp³-hybridized carbons (Fsp3) is 1.00. The van der Waals surface area contributed by atoms with Crippen molar-refractivity contribution in [3.8, 4) is 0 Å². The molecule has 0 radical (unpaired) electrons. The van der Waals surface area contributed by atoms with E-state index in [0.717, 1.165) is 25.9 Å². The van der Waals surface area contributed by atoms with E-state index in [1.165, 1.54) is 0 Å². The summed E-state index contributed by atoms with van der Waals surface area (Å²) in [5.74, 6) is 0.244. The van der Waals surface area contributed by atoms with Gasteiger partial charge in [0.15, 0.2) is 9.84 Å². The molecule has 0 aromatic rings. The predicted molar refractivity (Wildman–Crippen MR) is 90.5 cm³/mol. The molecule has 0 aliphatic carbocycles. The van der Waals surface area contributed by atoms with Gasteiger partial charge in [0.25, 0.3) is 0 Å². The second kappa shape index (κ2) is 6.17. The van der Waals surface area contributed by atoms with Gasteiger partial charge in [0.05, 0.1) is 10.5 Å². The number of hydrogen-bond donors (Lipinski definition) is 1. The van der Waals surface area contributed by atoms with Gasteiger partial charge in [-0.1, -0.05) is 13.8 Å². The Balaban J connectivity index is 2.90. The highest BCUT2D eigenvalue weighted by molar-refractivity contribution is 7.92. The standard InChI is InChI=1S/C16H34N2O2S/c1-8-16(9-2)12-17-15(6,7)13-18(16)10-11-21(19,20)14(3,4)5/h17H,8-13H2,1-7H3. The molecule has 1 fully saturated rings. The molecule has 0 atom stereocenters. The van der Waals surface area contributed by atoms with Gasteiger partial charge in [-0.05, 0) is 47.5 Å². The van der Waals surface area contributed by atoms with Crippen molar-refractivity contribution in [2.75, 3.05) is 25.4 Å². The number of sulfone groups is 1. The van der Waals surface area contributed by atoms with Gasteiger partial charge in [-0.25, -0.2) is 8.42 Å². The zero-order valence-corrected chi connectivity index (χ0v) is 15.7. The van der Waals surface area contributed by atoms with Gasteiger partial charge in [-0.3, -0.25) is 4.90 Å². The van der Waals surface area contributed by atoms with Gasteiger partial charge in [0, 0.05) is 30.7 Å². The zero-order chi connectivity index (χ0) is 16.5. The maximum atomic E-state index is 12.4. The lowest BCUT2D eigenvalue weighted by atomic mass is 9.84. The van der Waals surface area contributed by atoms with Crippen LogP contribution >= 0.6 is 0 Å². The van der Waals surface area contributed by atoms with E-state index in [1.54, 1.807) is 20.8 Å². The van der Waals surface area contributed by atoms with E-state index in [4.69, 9.17) is 0 Å². The third kappa shape index (κ3) is 4.20. The minimum Gasteiger partial charge on any atom is -0.309 e. The Morgan fingerprint density at radius 1 is 1.14 bits per heavy atom. The van der Waals surface area contributed by atoms with Crippen LogP contribution in [0.3, 0.4) is 0 Å². The molecule has 0 unspecified atom stereocenters. The van der Waals surface area contributed by atoms with Crippen molar-refractivity contribution < 1.29 is 8.42 Å². The Kier molecular flexibility index (Phi) is 5.56. The second-order valence-electron chi connectivity index (χ2n) is 8.02. The van der Waals surface area contributed by atoms with E-state index in [2.05, 4.69) is 37.9 Å². The van der Waals surface area contributed by atoms with Crippen molar-refractivity contribution in [1.29, 1.82) is 0 Å². The van der Waals surface area contributed by atoms with Gasteiger partial charge >= 0.3 is 0 Å². The monoisotopic (exact) mass is 318 g/mol. The molecule has 0 spiro atoms. The van der Waals surface area contributed by atoms with Crippen LogP contribution in [-0.4, -0.2) is 54.5 Å². The van der Waals surface area contributed by atoms with Gasteiger partial charge in [-0.2, -0.15) is 0 Å². The number of hydrogen-bond acceptors (Lipinski definition) is 4. The molecular formula is C16H34N2O2S. The summed E-state index contributed by atoms with van der Waals surface area (Å²) in [5.41, 5.74) is 0.127. The Bertz CT molecular complexity index is 445. The molecule has 126 valence electrons. The zero-order valence-electron chi connectivity index (χ0n) is 14.9. The van der Waals surface area contributed by atoms with Crippen LogP contribution in [0.15, 0.2) is 0 Å². The Morgan fingerprint density at radius 3 is 2.10 bits per heavy atom. The maximum absolute atomic E-state index is 12.4. The van der Waals surface area contributed by atoms with Crippen LogP contribution in [0.4, 0.5) is 0 Å². The van der Waals surface area contributed by atoms with Crippen molar-refractivity contribution in [1.82, 2.24) is 10.2 Å². The normalized spacial score (nSPS) is 23.2. The Hall–Kier alpha value is -0.130. The van der Waals surface area contributed by atoms with E-state index in [9.17, 15) is 8.42 Å². The average molecular weight is 319 g/mol. The molecule has 0 saturated carbocycles. The second-order valence-corrected chi connectivity index (χ2v) is 10.9.